The maximum atomic E-state index is 6.06. The largest absolute Gasteiger partial charge is 0.334 e. The van der Waals surface area contributed by atoms with Crippen molar-refractivity contribution in [2.75, 3.05) is 13.6 Å². The summed E-state index contributed by atoms with van der Waals surface area (Å²) >= 11 is 6.06. The molecular formula is C12H14ClN3O. The van der Waals surface area contributed by atoms with Gasteiger partial charge in [-0.3, -0.25) is 0 Å². The van der Waals surface area contributed by atoms with Crippen molar-refractivity contribution in [1.29, 1.82) is 0 Å². The van der Waals surface area contributed by atoms with Gasteiger partial charge in [0.2, 0.25) is 0 Å². The van der Waals surface area contributed by atoms with Crippen molar-refractivity contribution in [3.63, 3.8) is 0 Å². The van der Waals surface area contributed by atoms with E-state index in [2.05, 4.69) is 15.5 Å². The first kappa shape index (κ1) is 12.1. The van der Waals surface area contributed by atoms with Gasteiger partial charge >= 0.3 is 0 Å². The van der Waals surface area contributed by atoms with Crippen LogP contribution in [0.25, 0.3) is 11.5 Å². The van der Waals surface area contributed by atoms with Gasteiger partial charge in [0.1, 0.15) is 0 Å². The molecule has 0 aliphatic carbocycles. The first-order chi connectivity index (χ1) is 8.31. The van der Waals surface area contributed by atoms with Gasteiger partial charge in [-0.1, -0.05) is 28.9 Å². The summed E-state index contributed by atoms with van der Waals surface area (Å²) < 4.78 is 5.20. The van der Waals surface area contributed by atoms with E-state index < -0.39 is 0 Å². The fraction of sp³-hybridized carbons (Fsp3) is 0.333. The second-order valence-corrected chi connectivity index (χ2v) is 4.11. The highest BCUT2D eigenvalue weighted by atomic mass is 35.5. The normalized spacial score (nSPS) is 10.7. The van der Waals surface area contributed by atoms with Crippen LogP contribution in [0.3, 0.4) is 0 Å². The molecule has 0 saturated heterocycles. The monoisotopic (exact) mass is 251 g/mol. The van der Waals surface area contributed by atoms with Crippen molar-refractivity contribution >= 4 is 11.6 Å². The molecule has 0 aliphatic heterocycles. The van der Waals surface area contributed by atoms with E-state index in [0.717, 1.165) is 30.8 Å². The smallest absolute Gasteiger partial charge is 0.259 e. The predicted octanol–water partition coefficient (Wildman–Crippen LogP) is 2.54. The van der Waals surface area contributed by atoms with Gasteiger partial charge in [-0.05, 0) is 32.1 Å². The van der Waals surface area contributed by atoms with Crippen molar-refractivity contribution in [1.82, 2.24) is 15.5 Å². The molecule has 1 N–H and O–H groups in total. The molecule has 2 aromatic rings. The minimum absolute atomic E-state index is 0.482. The zero-order chi connectivity index (χ0) is 12.1. The highest BCUT2D eigenvalue weighted by molar-refractivity contribution is 6.33. The SMILES string of the molecule is CNCCCc1noc(-c2ccccc2Cl)n1. The molecule has 0 bridgehead atoms. The average Bonchev–Trinajstić information content (AvgIpc) is 2.79. The molecule has 4 nitrogen and oxygen atoms in total. The maximum absolute atomic E-state index is 6.06. The average molecular weight is 252 g/mol. The van der Waals surface area contributed by atoms with Gasteiger partial charge in [0.05, 0.1) is 10.6 Å². The summed E-state index contributed by atoms with van der Waals surface area (Å²) in [6.07, 6.45) is 1.78. The number of aryl methyl sites for hydroxylation is 1. The minimum atomic E-state index is 0.482. The van der Waals surface area contributed by atoms with Crippen LogP contribution in [0.5, 0.6) is 0 Å². The van der Waals surface area contributed by atoms with Gasteiger partial charge < -0.3 is 9.84 Å². The van der Waals surface area contributed by atoms with Crippen LogP contribution in [-0.2, 0) is 6.42 Å². The zero-order valence-electron chi connectivity index (χ0n) is 9.61. The number of nitrogens with zero attached hydrogens (tertiary/aromatic N) is 2. The van der Waals surface area contributed by atoms with Crippen LogP contribution in [0.4, 0.5) is 0 Å². The molecule has 0 aliphatic rings. The lowest BCUT2D eigenvalue weighted by molar-refractivity contribution is 0.421. The van der Waals surface area contributed by atoms with Crippen molar-refractivity contribution in [3.05, 3.63) is 35.1 Å². The molecular weight excluding hydrogens is 238 g/mol. The zero-order valence-corrected chi connectivity index (χ0v) is 10.4. The summed E-state index contributed by atoms with van der Waals surface area (Å²) in [5.74, 6) is 1.20. The summed E-state index contributed by atoms with van der Waals surface area (Å²) in [6.45, 7) is 0.940. The molecule has 1 heterocycles. The van der Waals surface area contributed by atoms with Crippen LogP contribution < -0.4 is 5.32 Å². The van der Waals surface area contributed by atoms with Crippen molar-refractivity contribution in [2.45, 2.75) is 12.8 Å². The minimum Gasteiger partial charge on any atom is -0.334 e. The molecule has 90 valence electrons. The van der Waals surface area contributed by atoms with Crippen LogP contribution in [0, 0.1) is 0 Å². The Kier molecular flexibility index (Phi) is 4.12. The molecule has 5 heteroatoms. The van der Waals surface area contributed by atoms with Crippen LogP contribution in [-0.4, -0.2) is 23.7 Å². The lowest BCUT2D eigenvalue weighted by Gasteiger charge is -1.96. The van der Waals surface area contributed by atoms with E-state index in [0.29, 0.717) is 10.9 Å². The molecule has 17 heavy (non-hydrogen) atoms. The molecule has 0 radical (unpaired) electrons. The van der Waals surface area contributed by atoms with E-state index in [-0.39, 0.29) is 0 Å². The van der Waals surface area contributed by atoms with E-state index in [1.807, 2.05) is 31.3 Å². The van der Waals surface area contributed by atoms with Crippen molar-refractivity contribution < 1.29 is 4.52 Å². The molecule has 0 fully saturated rings. The molecule has 0 unspecified atom stereocenters. The van der Waals surface area contributed by atoms with Crippen LogP contribution >= 0.6 is 11.6 Å². The van der Waals surface area contributed by atoms with E-state index in [9.17, 15) is 0 Å². The summed E-state index contributed by atoms with van der Waals surface area (Å²) in [7, 11) is 1.92. The second kappa shape index (κ2) is 5.80. The number of aromatic nitrogens is 2. The van der Waals surface area contributed by atoms with E-state index in [1.54, 1.807) is 0 Å². The first-order valence-corrected chi connectivity index (χ1v) is 5.91. The van der Waals surface area contributed by atoms with Crippen LogP contribution in [0.2, 0.25) is 5.02 Å². The number of hydrogen-bond acceptors (Lipinski definition) is 4. The second-order valence-electron chi connectivity index (χ2n) is 3.70. The molecule has 2 rings (SSSR count). The van der Waals surface area contributed by atoms with Crippen LogP contribution in [0.15, 0.2) is 28.8 Å². The van der Waals surface area contributed by atoms with Gasteiger partial charge in [-0.15, -0.1) is 0 Å². The van der Waals surface area contributed by atoms with Gasteiger partial charge in [0.15, 0.2) is 5.82 Å². The van der Waals surface area contributed by atoms with Crippen LogP contribution in [0.1, 0.15) is 12.2 Å². The Hall–Kier alpha value is -1.39. The molecule has 0 amide bonds. The molecule has 1 aromatic heterocycles. The number of nitrogens with one attached hydrogen (secondary N) is 1. The van der Waals surface area contributed by atoms with Gasteiger partial charge in [-0.2, -0.15) is 4.98 Å². The fourth-order valence-corrected chi connectivity index (χ4v) is 1.74. The third-order valence-electron chi connectivity index (χ3n) is 2.40. The van der Waals surface area contributed by atoms with Gasteiger partial charge in [-0.25, -0.2) is 0 Å². The lowest BCUT2D eigenvalue weighted by Crippen LogP contribution is -2.08. The number of halogens is 1. The van der Waals surface area contributed by atoms with Gasteiger partial charge in [0, 0.05) is 6.42 Å². The Morgan fingerprint density at radius 2 is 2.18 bits per heavy atom. The number of benzene rings is 1. The quantitative estimate of drug-likeness (QED) is 0.830. The summed E-state index contributed by atoms with van der Waals surface area (Å²) in [6, 6.07) is 7.44. The number of rotatable bonds is 5. The Labute approximate surface area is 105 Å². The standard InChI is InChI=1S/C12H14ClN3O/c1-14-8-4-7-11-15-12(17-16-11)9-5-2-3-6-10(9)13/h2-3,5-6,14H,4,7-8H2,1H3. The van der Waals surface area contributed by atoms with E-state index in [1.165, 1.54) is 0 Å². The van der Waals surface area contributed by atoms with Crippen molar-refractivity contribution in [3.8, 4) is 11.5 Å². The summed E-state index contributed by atoms with van der Waals surface area (Å²) in [5, 5.41) is 7.63. The third kappa shape index (κ3) is 3.05. The highest BCUT2D eigenvalue weighted by Gasteiger charge is 2.11. The maximum Gasteiger partial charge on any atom is 0.259 e. The Balaban J connectivity index is 2.10. The molecule has 1 aromatic carbocycles. The summed E-state index contributed by atoms with van der Waals surface area (Å²) in [4.78, 5) is 4.32. The molecule has 0 atom stereocenters. The predicted molar refractivity (Wildman–Crippen MR) is 67.0 cm³/mol. The Morgan fingerprint density at radius 3 is 2.94 bits per heavy atom. The Bertz CT molecular complexity index is 484. The Morgan fingerprint density at radius 1 is 1.35 bits per heavy atom. The lowest BCUT2D eigenvalue weighted by atomic mass is 10.2. The molecule has 0 saturated carbocycles. The third-order valence-corrected chi connectivity index (χ3v) is 2.73. The summed E-state index contributed by atoms with van der Waals surface area (Å²) in [5.41, 5.74) is 0.779. The molecule has 0 spiro atoms. The topological polar surface area (TPSA) is 51.0 Å². The highest BCUT2D eigenvalue weighted by Crippen LogP contribution is 2.25. The first-order valence-electron chi connectivity index (χ1n) is 5.53. The van der Waals surface area contributed by atoms with E-state index in [4.69, 9.17) is 16.1 Å². The van der Waals surface area contributed by atoms with Crippen molar-refractivity contribution in [2.24, 2.45) is 0 Å². The van der Waals surface area contributed by atoms with Gasteiger partial charge in [0.25, 0.3) is 5.89 Å². The number of hydrogen-bond donors (Lipinski definition) is 1. The fourth-order valence-electron chi connectivity index (χ4n) is 1.52. The van der Waals surface area contributed by atoms with E-state index >= 15 is 0 Å².